The van der Waals surface area contributed by atoms with Crippen LogP contribution in [0.3, 0.4) is 0 Å². The van der Waals surface area contributed by atoms with E-state index in [9.17, 15) is 13.7 Å². The summed E-state index contributed by atoms with van der Waals surface area (Å²) in [6.45, 7) is 0.957. The molecular formula is C4H13O9P3. The second-order valence-corrected chi connectivity index (χ2v) is 9.40. The summed E-state index contributed by atoms with van der Waals surface area (Å²) in [4.78, 5) is 52.1. The molecule has 0 aromatic rings. The molecule has 0 aliphatic heterocycles. The van der Waals surface area contributed by atoms with E-state index in [4.69, 9.17) is 29.4 Å². The molecule has 98 valence electrons. The second-order valence-electron chi connectivity index (χ2n) is 3.33. The fourth-order valence-corrected chi connectivity index (χ4v) is 4.48. The van der Waals surface area contributed by atoms with Crippen LogP contribution in [0.25, 0.3) is 0 Å². The van der Waals surface area contributed by atoms with Gasteiger partial charge >= 0.3 is 22.8 Å². The number of hydrogen-bond acceptors (Lipinski definition) is 3. The molecule has 0 spiro atoms. The van der Waals surface area contributed by atoms with E-state index >= 15 is 0 Å². The molecule has 9 nitrogen and oxygen atoms in total. The summed E-state index contributed by atoms with van der Waals surface area (Å²) in [7, 11) is -14.9. The van der Waals surface area contributed by atoms with Crippen molar-refractivity contribution in [1.82, 2.24) is 0 Å². The van der Waals surface area contributed by atoms with Crippen LogP contribution < -0.4 is 0 Å². The van der Waals surface area contributed by atoms with Gasteiger partial charge in [-0.3, -0.25) is 13.7 Å². The Bertz CT molecular complexity index is 350. The van der Waals surface area contributed by atoms with E-state index in [2.05, 4.69) is 0 Å². The van der Waals surface area contributed by atoms with Gasteiger partial charge in [-0.05, 0) is 6.42 Å². The lowest BCUT2D eigenvalue weighted by Crippen LogP contribution is -2.16. The lowest BCUT2D eigenvalue weighted by atomic mass is 10.4. The first-order valence-corrected chi connectivity index (χ1v) is 8.96. The number of hydrogen-bond donors (Lipinski definition) is 6. The molecule has 0 aliphatic rings. The first kappa shape index (κ1) is 16.4. The highest BCUT2D eigenvalue weighted by Gasteiger charge is 2.46. The minimum Gasteiger partial charge on any atom is -0.324 e. The molecule has 0 radical (unpaired) electrons. The van der Waals surface area contributed by atoms with E-state index in [1.54, 1.807) is 0 Å². The Morgan fingerprint density at radius 3 is 1.31 bits per heavy atom. The van der Waals surface area contributed by atoms with Crippen molar-refractivity contribution in [1.29, 1.82) is 0 Å². The van der Waals surface area contributed by atoms with E-state index in [1.807, 2.05) is 0 Å². The van der Waals surface area contributed by atoms with Crippen molar-refractivity contribution in [2.75, 3.05) is 0 Å². The molecule has 1 atom stereocenters. The van der Waals surface area contributed by atoms with Crippen LogP contribution in [-0.2, 0) is 13.7 Å². The summed E-state index contributed by atoms with van der Waals surface area (Å²) in [5.74, 6) is 0. The Kier molecular flexibility index (Phi) is 5.12. The molecule has 0 aromatic carbocycles. The normalized spacial score (nSPS) is 16.5. The van der Waals surface area contributed by atoms with Crippen LogP contribution in [0.2, 0.25) is 0 Å². The molecule has 6 N–H and O–H groups in total. The van der Waals surface area contributed by atoms with Crippen LogP contribution in [0.4, 0.5) is 0 Å². The molecular weight excluding hydrogens is 285 g/mol. The summed E-state index contributed by atoms with van der Waals surface area (Å²) >= 11 is 0. The van der Waals surface area contributed by atoms with Crippen molar-refractivity contribution >= 4 is 22.8 Å². The zero-order chi connectivity index (χ0) is 13.4. The maximum absolute atomic E-state index is 10.8. The van der Waals surface area contributed by atoms with E-state index < -0.39 is 40.3 Å². The Labute approximate surface area is 91.0 Å². The van der Waals surface area contributed by atoms with Gasteiger partial charge in [0.05, 0.1) is 5.66 Å². The SMILES string of the molecule is CC(CC(P(=O)(O)O)P(=O)(O)O)P(=O)(O)O. The molecule has 0 saturated heterocycles. The van der Waals surface area contributed by atoms with E-state index in [-0.39, 0.29) is 0 Å². The van der Waals surface area contributed by atoms with Gasteiger partial charge in [0, 0.05) is 0 Å². The third-order valence-electron chi connectivity index (χ3n) is 1.90. The summed E-state index contributed by atoms with van der Waals surface area (Å²) in [6, 6.07) is 0. The van der Waals surface area contributed by atoms with Crippen molar-refractivity contribution in [3.8, 4) is 0 Å². The molecule has 0 amide bonds. The zero-order valence-corrected chi connectivity index (χ0v) is 10.8. The third-order valence-corrected chi connectivity index (χ3v) is 7.04. The Morgan fingerprint density at radius 1 is 0.812 bits per heavy atom. The average Bonchev–Trinajstić information content (AvgIpc) is 1.92. The van der Waals surface area contributed by atoms with Crippen molar-refractivity contribution in [2.45, 2.75) is 24.4 Å². The summed E-state index contributed by atoms with van der Waals surface area (Å²) in [5, 5.41) is -2.39. The number of rotatable bonds is 5. The van der Waals surface area contributed by atoms with Gasteiger partial charge < -0.3 is 29.4 Å². The minimum absolute atomic E-state index is 0.957. The molecule has 12 heteroatoms. The maximum Gasteiger partial charge on any atom is 0.340 e. The van der Waals surface area contributed by atoms with Gasteiger partial charge in [0.1, 0.15) is 0 Å². The van der Waals surface area contributed by atoms with E-state index in [1.165, 1.54) is 0 Å². The molecule has 0 rings (SSSR count). The van der Waals surface area contributed by atoms with Gasteiger partial charge in [-0.1, -0.05) is 6.92 Å². The molecule has 0 heterocycles. The largest absolute Gasteiger partial charge is 0.340 e. The van der Waals surface area contributed by atoms with Crippen molar-refractivity contribution in [2.24, 2.45) is 0 Å². The highest BCUT2D eigenvalue weighted by atomic mass is 31.2. The van der Waals surface area contributed by atoms with Crippen LogP contribution in [-0.4, -0.2) is 40.4 Å². The van der Waals surface area contributed by atoms with Crippen LogP contribution in [0.5, 0.6) is 0 Å². The predicted octanol–water partition coefficient (Wildman–Crippen LogP) is -0.376. The standard InChI is InChI=1S/C4H13O9P3/c1-3(14(5,6)7)2-4(15(8,9)10)16(11,12)13/h3-4H,2H2,1H3,(H2,5,6,7)(H2,8,9,10)(H2,11,12,13). The molecule has 0 aliphatic carbocycles. The monoisotopic (exact) mass is 298 g/mol. The van der Waals surface area contributed by atoms with Gasteiger partial charge in [0.25, 0.3) is 0 Å². The van der Waals surface area contributed by atoms with E-state index in [0.717, 1.165) is 6.92 Å². The highest BCUT2D eigenvalue weighted by molar-refractivity contribution is 7.70. The fraction of sp³-hybridized carbons (Fsp3) is 1.00. The summed E-state index contributed by atoms with van der Waals surface area (Å²) in [6.07, 6.45) is -0.959. The van der Waals surface area contributed by atoms with Crippen molar-refractivity contribution in [3.63, 3.8) is 0 Å². The Morgan fingerprint density at radius 2 is 1.12 bits per heavy atom. The molecule has 1 unspecified atom stereocenters. The minimum atomic E-state index is -5.13. The highest BCUT2D eigenvalue weighted by Crippen LogP contribution is 2.63. The Hall–Kier alpha value is 0.450. The lowest BCUT2D eigenvalue weighted by Gasteiger charge is -2.23. The van der Waals surface area contributed by atoms with Gasteiger partial charge in [-0.2, -0.15) is 0 Å². The quantitative estimate of drug-likeness (QED) is 0.370. The van der Waals surface area contributed by atoms with Crippen molar-refractivity contribution in [3.05, 3.63) is 0 Å². The van der Waals surface area contributed by atoms with Gasteiger partial charge in [-0.15, -0.1) is 0 Å². The van der Waals surface area contributed by atoms with Gasteiger partial charge in [-0.25, -0.2) is 0 Å². The molecule has 0 aromatic heterocycles. The topological polar surface area (TPSA) is 173 Å². The second kappa shape index (κ2) is 4.98. The van der Waals surface area contributed by atoms with E-state index in [0.29, 0.717) is 0 Å². The summed E-state index contributed by atoms with van der Waals surface area (Å²) in [5.41, 5.74) is -1.54. The van der Waals surface area contributed by atoms with Crippen LogP contribution in [0, 0.1) is 0 Å². The molecule has 0 fully saturated rings. The molecule has 16 heavy (non-hydrogen) atoms. The zero-order valence-electron chi connectivity index (χ0n) is 8.11. The van der Waals surface area contributed by atoms with Crippen LogP contribution in [0.15, 0.2) is 0 Å². The van der Waals surface area contributed by atoms with Crippen LogP contribution >= 0.6 is 22.8 Å². The smallest absolute Gasteiger partial charge is 0.324 e. The Balaban J connectivity index is 5.08. The fourth-order valence-electron chi connectivity index (χ4n) is 0.913. The first-order chi connectivity index (χ1) is 6.76. The first-order valence-electron chi connectivity index (χ1n) is 3.92. The van der Waals surface area contributed by atoms with Gasteiger partial charge in [0.2, 0.25) is 0 Å². The third kappa shape index (κ3) is 5.19. The summed E-state index contributed by atoms with van der Waals surface area (Å²) < 4.78 is 32.3. The maximum atomic E-state index is 10.8. The van der Waals surface area contributed by atoms with Gasteiger partial charge in [0.15, 0.2) is 5.40 Å². The molecule has 0 saturated carbocycles. The lowest BCUT2D eigenvalue weighted by molar-refractivity contribution is 0.329. The molecule has 0 bridgehead atoms. The average molecular weight is 298 g/mol. The van der Waals surface area contributed by atoms with Crippen molar-refractivity contribution < 1.29 is 43.1 Å². The van der Waals surface area contributed by atoms with Crippen LogP contribution in [0.1, 0.15) is 13.3 Å². The predicted molar refractivity (Wildman–Crippen MR) is 54.0 cm³/mol.